The highest BCUT2D eigenvalue weighted by Gasteiger charge is 2.12. The molecule has 1 amide bonds. The zero-order valence-corrected chi connectivity index (χ0v) is 10.4. The number of thiazole rings is 1. The van der Waals surface area contributed by atoms with E-state index in [1.165, 1.54) is 11.3 Å². The summed E-state index contributed by atoms with van der Waals surface area (Å²) in [5, 5.41) is 3.79. The second-order valence-electron chi connectivity index (χ2n) is 3.39. The first-order valence-electron chi connectivity index (χ1n) is 4.74. The zero-order chi connectivity index (χ0) is 12.1. The number of amides is 1. The number of aromatic nitrogens is 1. The summed E-state index contributed by atoms with van der Waals surface area (Å²) in [7, 11) is 5.41. The van der Waals surface area contributed by atoms with Gasteiger partial charge in [-0.05, 0) is 0 Å². The molecule has 7 heteroatoms. The Morgan fingerprint density at radius 1 is 1.62 bits per heavy atom. The Morgan fingerprint density at radius 2 is 2.31 bits per heavy atom. The van der Waals surface area contributed by atoms with Gasteiger partial charge in [0, 0.05) is 20.6 Å². The zero-order valence-electron chi connectivity index (χ0n) is 9.61. The van der Waals surface area contributed by atoms with Gasteiger partial charge in [0.15, 0.2) is 5.13 Å². The monoisotopic (exact) mass is 244 g/mol. The Labute approximate surface area is 98.4 Å². The third kappa shape index (κ3) is 3.35. The number of nitrogens with zero attached hydrogens (tertiary/aromatic N) is 2. The van der Waals surface area contributed by atoms with E-state index in [2.05, 4.69) is 10.3 Å². The molecule has 0 radical (unpaired) electrons. The molecule has 0 aliphatic rings. The molecule has 1 aromatic rings. The van der Waals surface area contributed by atoms with E-state index in [1.54, 1.807) is 7.11 Å². The maximum absolute atomic E-state index is 10.6. The molecule has 0 unspecified atom stereocenters. The van der Waals surface area contributed by atoms with Crippen LogP contribution < -0.4 is 20.7 Å². The molecule has 0 spiro atoms. The SMILES string of the molecule is COc1nc(N(C)C)sc1CNCC(N)=O. The molecule has 16 heavy (non-hydrogen) atoms. The highest BCUT2D eigenvalue weighted by Crippen LogP contribution is 2.29. The molecule has 0 aliphatic heterocycles. The molecular formula is C9H16N4O2S. The first-order chi connectivity index (χ1) is 7.54. The van der Waals surface area contributed by atoms with Crippen molar-refractivity contribution in [2.24, 2.45) is 5.73 Å². The van der Waals surface area contributed by atoms with Crippen LogP contribution in [0.1, 0.15) is 4.88 Å². The number of nitrogens with one attached hydrogen (secondary N) is 1. The number of rotatable bonds is 6. The summed E-state index contributed by atoms with van der Waals surface area (Å²) in [6.07, 6.45) is 0. The lowest BCUT2D eigenvalue weighted by atomic mass is 10.5. The van der Waals surface area contributed by atoms with E-state index >= 15 is 0 Å². The summed E-state index contributed by atoms with van der Waals surface area (Å²) in [5.74, 6) is 0.210. The first-order valence-corrected chi connectivity index (χ1v) is 5.56. The van der Waals surface area contributed by atoms with Crippen LogP contribution in [-0.2, 0) is 11.3 Å². The van der Waals surface area contributed by atoms with Gasteiger partial charge < -0.3 is 20.7 Å². The number of primary amides is 1. The first kappa shape index (κ1) is 12.7. The van der Waals surface area contributed by atoms with Gasteiger partial charge in [-0.15, -0.1) is 0 Å². The van der Waals surface area contributed by atoms with Crippen molar-refractivity contribution in [1.82, 2.24) is 10.3 Å². The number of hydrogen-bond donors (Lipinski definition) is 2. The van der Waals surface area contributed by atoms with Crippen molar-refractivity contribution < 1.29 is 9.53 Å². The normalized spacial score (nSPS) is 10.2. The van der Waals surface area contributed by atoms with Crippen molar-refractivity contribution in [2.45, 2.75) is 6.54 Å². The van der Waals surface area contributed by atoms with Crippen LogP contribution in [0, 0.1) is 0 Å². The third-order valence-corrected chi connectivity index (χ3v) is 3.02. The van der Waals surface area contributed by atoms with E-state index in [0.29, 0.717) is 12.4 Å². The Kier molecular flexibility index (Phi) is 4.51. The Hall–Kier alpha value is -1.34. The molecule has 3 N–H and O–H groups in total. The van der Waals surface area contributed by atoms with Gasteiger partial charge in [-0.3, -0.25) is 4.79 Å². The average molecular weight is 244 g/mol. The number of ether oxygens (including phenoxy) is 1. The van der Waals surface area contributed by atoms with Crippen LogP contribution in [0.25, 0.3) is 0 Å². The fourth-order valence-electron chi connectivity index (χ4n) is 1.09. The number of nitrogens with two attached hydrogens (primary N) is 1. The lowest BCUT2D eigenvalue weighted by Crippen LogP contribution is -2.27. The van der Waals surface area contributed by atoms with Gasteiger partial charge in [0.2, 0.25) is 11.8 Å². The van der Waals surface area contributed by atoms with Crippen LogP contribution in [0.3, 0.4) is 0 Å². The Balaban J connectivity index is 2.66. The summed E-state index contributed by atoms with van der Waals surface area (Å²) in [6, 6.07) is 0. The van der Waals surface area contributed by atoms with Gasteiger partial charge in [0.25, 0.3) is 0 Å². The second-order valence-corrected chi connectivity index (χ2v) is 4.46. The number of carbonyl (C=O) groups is 1. The summed E-state index contributed by atoms with van der Waals surface area (Å²) < 4.78 is 5.15. The Bertz CT molecular complexity index is 364. The fraction of sp³-hybridized carbons (Fsp3) is 0.556. The van der Waals surface area contributed by atoms with Crippen LogP contribution in [0.4, 0.5) is 5.13 Å². The van der Waals surface area contributed by atoms with Crippen LogP contribution in [-0.4, -0.2) is 38.6 Å². The molecule has 1 heterocycles. The van der Waals surface area contributed by atoms with Crippen LogP contribution in [0.5, 0.6) is 5.88 Å². The quantitative estimate of drug-likeness (QED) is 0.724. The Morgan fingerprint density at radius 3 is 2.81 bits per heavy atom. The summed E-state index contributed by atoms with van der Waals surface area (Å²) in [6.45, 7) is 0.677. The van der Waals surface area contributed by atoms with Crippen molar-refractivity contribution in [1.29, 1.82) is 0 Å². The largest absolute Gasteiger partial charge is 0.480 e. The molecule has 6 nitrogen and oxygen atoms in total. The smallest absolute Gasteiger partial charge is 0.231 e. The number of carbonyl (C=O) groups excluding carboxylic acids is 1. The molecule has 0 saturated heterocycles. The standard InChI is InChI=1S/C9H16N4O2S/c1-13(2)9-12-8(15-3)6(16-9)4-11-5-7(10)14/h11H,4-5H2,1-3H3,(H2,10,14). The molecule has 0 aliphatic carbocycles. The molecule has 1 aromatic heterocycles. The van der Waals surface area contributed by atoms with Gasteiger partial charge in [-0.2, -0.15) is 4.98 Å². The number of methoxy groups -OCH3 is 1. The van der Waals surface area contributed by atoms with Crippen LogP contribution in [0.2, 0.25) is 0 Å². The van der Waals surface area contributed by atoms with Gasteiger partial charge in [-0.25, -0.2) is 0 Å². The molecule has 0 atom stereocenters. The minimum atomic E-state index is -0.378. The summed E-state index contributed by atoms with van der Waals surface area (Å²) in [4.78, 5) is 17.7. The van der Waals surface area contributed by atoms with Crippen molar-refractivity contribution in [3.63, 3.8) is 0 Å². The second kappa shape index (κ2) is 5.66. The fourth-order valence-corrected chi connectivity index (χ4v) is 2.01. The van der Waals surface area contributed by atoms with E-state index in [9.17, 15) is 4.79 Å². The van der Waals surface area contributed by atoms with E-state index in [4.69, 9.17) is 10.5 Å². The average Bonchev–Trinajstić information content (AvgIpc) is 2.60. The van der Waals surface area contributed by atoms with Gasteiger partial charge in [0.05, 0.1) is 18.5 Å². The van der Waals surface area contributed by atoms with E-state index in [-0.39, 0.29) is 12.5 Å². The van der Waals surface area contributed by atoms with E-state index in [1.807, 2.05) is 19.0 Å². The maximum Gasteiger partial charge on any atom is 0.231 e. The predicted octanol–water partition coefficient (Wildman–Crippen LogP) is -0.207. The molecule has 0 saturated carbocycles. The lowest BCUT2D eigenvalue weighted by molar-refractivity contribution is -0.117. The molecule has 0 fully saturated rings. The lowest BCUT2D eigenvalue weighted by Gasteiger charge is -2.04. The van der Waals surface area contributed by atoms with Crippen molar-refractivity contribution >= 4 is 22.4 Å². The molecule has 90 valence electrons. The highest BCUT2D eigenvalue weighted by atomic mass is 32.1. The van der Waals surface area contributed by atoms with Crippen LogP contribution in [0.15, 0.2) is 0 Å². The molecule has 0 aromatic carbocycles. The molecular weight excluding hydrogens is 228 g/mol. The third-order valence-electron chi connectivity index (χ3n) is 1.81. The number of anilines is 1. The van der Waals surface area contributed by atoms with Crippen molar-refractivity contribution in [3.05, 3.63) is 4.88 Å². The van der Waals surface area contributed by atoms with Gasteiger partial charge in [0.1, 0.15) is 0 Å². The topological polar surface area (TPSA) is 80.5 Å². The van der Waals surface area contributed by atoms with E-state index in [0.717, 1.165) is 10.0 Å². The van der Waals surface area contributed by atoms with Crippen molar-refractivity contribution in [2.75, 3.05) is 32.6 Å². The molecule has 0 bridgehead atoms. The molecule has 1 rings (SSSR count). The van der Waals surface area contributed by atoms with Gasteiger partial charge >= 0.3 is 0 Å². The summed E-state index contributed by atoms with van der Waals surface area (Å²) >= 11 is 1.52. The van der Waals surface area contributed by atoms with E-state index < -0.39 is 0 Å². The van der Waals surface area contributed by atoms with Gasteiger partial charge in [-0.1, -0.05) is 11.3 Å². The maximum atomic E-state index is 10.6. The minimum Gasteiger partial charge on any atom is -0.480 e. The summed E-state index contributed by atoms with van der Waals surface area (Å²) in [5.41, 5.74) is 5.03. The van der Waals surface area contributed by atoms with Crippen molar-refractivity contribution in [3.8, 4) is 5.88 Å². The number of hydrogen-bond acceptors (Lipinski definition) is 6. The highest BCUT2D eigenvalue weighted by molar-refractivity contribution is 7.15. The minimum absolute atomic E-state index is 0.151. The van der Waals surface area contributed by atoms with Crippen LogP contribution >= 0.6 is 11.3 Å². The predicted molar refractivity (Wildman–Crippen MR) is 63.9 cm³/mol.